The molecule has 1 fully saturated rings. The third kappa shape index (κ3) is 3.97. The Bertz CT molecular complexity index is 945. The van der Waals surface area contributed by atoms with E-state index in [4.69, 9.17) is 0 Å². The largest absolute Gasteiger partial charge is 0.356 e. The first kappa shape index (κ1) is 19.1. The van der Waals surface area contributed by atoms with Crippen LogP contribution in [0.5, 0.6) is 0 Å². The predicted molar refractivity (Wildman–Crippen MR) is 109 cm³/mol. The smallest absolute Gasteiger partial charge is 0.282 e. The first-order chi connectivity index (χ1) is 13.7. The first-order valence-corrected chi connectivity index (χ1v) is 10.9. The van der Waals surface area contributed by atoms with Gasteiger partial charge in [0.2, 0.25) is 0 Å². The zero-order valence-electron chi connectivity index (χ0n) is 15.8. The second kappa shape index (κ2) is 8.43. The lowest BCUT2D eigenvalue weighted by molar-refractivity contribution is 0.144. The number of pyridine rings is 1. The number of aromatic nitrogens is 4. The maximum Gasteiger partial charge on any atom is 0.282 e. The lowest BCUT2D eigenvalue weighted by atomic mass is 9.95. The molecule has 3 aromatic rings. The van der Waals surface area contributed by atoms with Crippen LogP contribution in [0, 0.1) is 5.92 Å². The Labute approximate surface area is 167 Å². The Balaban J connectivity index is 1.62. The monoisotopic (exact) mass is 403 g/mol. The molecule has 0 N–H and O–H groups in total. The van der Waals surface area contributed by atoms with Crippen LogP contribution in [-0.4, -0.2) is 44.7 Å². The normalized spacial score (nSPS) is 17.6. The molecule has 0 bridgehead atoms. The van der Waals surface area contributed by atoms with Crippen molar-refractivity contribution < 1.29 is 8.78 Å². The number of anilines is 1. The molecule has 0 saturated carbocycles. The van der Waals surface area contributed by atoms with Gasteiger partial charge in [-0.25, -0.2) is 23.3 Å². The van der Waals surface area contributed by atoms with Gasteiger partial charge in [-0.05, 0) is 61.5 Å². The number of thioether (sulfide) groups is 1. The molecule has 8 heteroatoms. The molecule has 1 unspecified atom stereocenters. The zero-order chi connectivity index (χ0) is 19.5. The number of fused-ring (bicyclic) bond motifs is 1. The molecule has 1 atom stereocenters. The van der Waals surface area contributed by atoms with E-state index in [0.717, 1.165) is 24.5 Å². The second-order valence-corrected chi connectivity index (χ2v) is 8.10. The van der Waals surface area contributed by atoms with Gasteiger partial charge in [-0.15, -0.1) is 0 Å². The van der Waals surface area contributed by atoms with E-state index in [2.05, 4.69) is 26.2 Å². The van der Waals surface area contributed by atoms with Crippen LogP contribution in [0.4, 0.5) is 14.6 Å². The third-order valence-corrected chi connectivity index (χ3v) is 5.86. The molecule has 148 valence electrons. The highest BCUT2D eigenvalue weighted by Gasteiger charge is 2.21. The number of halogens is 2. The molecule has 0 spiro atoms. The second-order valence-electron chi connectivity index (χ2n) is 7.11. The Morgan fingerprint density at radius 2 is 2.14 bits per heavy atom. The fraction of sp³-hybridized carbons (Fsp3) is 0.450. The lowest BCUT2D eigenvalue weighted by Gasteiger charge is -2.33. The van der Waals surface area contributed by atoms with Crippen LogP contribution in [0.25, 0.3) is 16.9 Å². The molecular weight excluding hydrogens is 380 g/mol. The van der Waals surface area contributed by atoms with Crippen molar-refractivity contribution in [3.63, 3.8) is 0 Å². The van der Waals surface area contributed by atoms with Crippen molar-refractivity contribution in [2.75, 3.05) is 30.0 Å². The predicted octanol–water partition coefficient (Wildman–Crippen LogP) is 4.70. The summed E-state index contributed by atoms with van der Waals surface area (Å²) in [6.45, 7) is 2.01. The van der Waals surface area contributed by atoms with Crippen LogP contribution in [0.2, 0.25) is 0 Å². The number of hydrogen-bond donors (Lipinski definition) is 0. The summed E-state index contributed by atoms with van der Waals surface area (Å²) in [5, 5.41) is 4.07. The Morgan fingerprint density at radius 1 is 1.25 bits per heavy atom. The first-order valence-electron chi connectivity index (χ1n) is 9.49. The third-order valence-electron chi connectivity index (χ3n) is 5.22. The van der Waals surface area contributed by atoms with Crippen LogP contribution < -0.4 is 4.90 Å². The van der Waals surface area contributed by atoms with Gasteiger partial charge in [0.05, 0.1) is 11.9 Å². The zero-order valence-corrected chi connectivity index (χ0v) is 16.6. The summed E-state index contributed by atoms with van der Waals surface area (Å²) < 4.78 is 27.6. The van der Waals surface area contributed by atoms with Crippen molar-refractivity contribution in [1.82, 2.24) is 19.6 Å². The molecule has 4 heterocycles. The molecule has 28 heavy (non-hydrogen) atoms. The summed E-state index contributed by atoms with van der Waals surface area (Å²) in [5.41, 5.74) is 1.86. The maximum atomic E-state index is 13.1. The molecule has 4 rings (SSSR count). The summed E-state index contributed by atoms with van der Waals surface area (Å²) in [7, 11) is 0. The van der Waals surface area contributed by atoms with Crippen molar-refractivity contribution in [3.8, 4) is 11.3 Å². The van der Waals surface area contributed by atoms with Gasteiger partial charge < -0.3 is 4.90 Å². The molecule has 0 aromatic carbocycles. The summed E-state index contributed by atoms with van der Waals surface area (Å²) in [4.78, 5) is 11.2. The van der Waals surface area contributed by atoms with Crippen molar-refractivity contribution in [2.45, 2.75) is 25.7 Å². The van der Waals surface area contributed by atoms with Crippen LogP contribution >= 0.6 is 11.8 Å². The average molecular weight is 404 g/mol. The van der Waals surface area contributed by atoms with E-state index in [1.165, 1.54) is 35.6 Å². The van der Waals surface area contributed by atoms with Crippen LogP contribution in [0.3, 0.4) is 0 Å². The van der Waals surface area contributed by atoms with Gasteiger partial charge in [-0.3, -0.25) is 0 Å². The molecule has 1 aliphatic heterocycles. The van der Waals surface area contributed by atoms with E-state index < -0.39 is 6.43 Å². The van der Waals surface area contributed by atoms with E-state index in [1.54, 1.807) is 18.5 Å². The van der Waals surface area contributed by atoms with Gasteiger partial charge in [-0.1, -0.05) is 0 Å². The SMILES string of the molecule is CSCCC1CCCN(c2cc(-c3cnc4ccc(C(F)F)nn34)ccn2)C1. The minimum Gasteiger partial charge on any atom is -0.356 e. The van der Waals surface area contributed by atoms with Crippen LogP contribution in [0.1, 0.15) is 31.4 Å². The summed E-state index contributed by atoms with van der Waals surface area (Å²) in [5.74, 6) is 2.80. The van der Waals surface area contributed by atoms with Gasteiger partial charge in [0, 0.05) is 24.8 Å². The van der Waals surface area contributed by atoms with Crippen molar-refractivity contribution in [2.24, 2.45) is 5.92 Å². The Kier molecular flexibility index (Phi) is 5.75. The fourth-order valence-corrected chi connectivity index (χ4v) is 4.31. The maximum absolute atomic E-state index is 13.1. The highest BCUT2D eigenvalue weighted by atomic mass is 32.2. The number of nitrogens with zero attached hydrogens (tertiary/aromatic N) is 5. The van der Waals surface area contributed by atoms with E-state index in [1.807, 2.05) is 23.9 Å². The standard InChI is InChI=1S/C20H23F2N5S/c1-28-10-7-14-3-2-9-26(13-14)19-11-15(6-8-23-19)17-12-24-18-5-4-16(20(21)22)25-27(17)18/h4-6,8,11-12,14,20H,2-3,7,9-10,13H2,1H3. The highest BCUT2D eigenvalue weighted by molar-refractivity contribution is 7.98. The molecule has 3 aromatic heterocycles. The summed E-state index contributed by atoms with van der Waals surface area (Å²) in [6, 6.07) is 6.77. The minimum absolute atomic E-state index is 0.256. The lowest BCUT2D eigenvalue weighted by Crippen LogP contribution is -2.36. The number of piperidine rings is 1. The van der Waals surface area contributed by atoms with E-state index >= 15 is 0 Å². The number of alkyl halides is 2. The minimum atomic E-state index is -2.61. The van der Waals surface area contributed by atoms with E-state index in [9.17, 15) is 8.78 Å². The van der Waals surface area contributed by atoms with Gasteiger partial charge in [0.25, 0.3) is 6.43 Å². The van der Waals surface area contributed by atoms with Gasteiger partial charge >= 0.3 is 0 Å². The molecule has 0 radical (unpaired) electrons. The average Bonchev–Trinajstić information content (AvgIpc) is 3.16. The number of imidazole rings is 1. The van der Waals surface area contributed by atoms with Crippen molar-refractivity contribution in [3.05, 3.63) is 42.4 Å². The van der Waals surface area contributed by atoms with Crippen molar-refractivity contribution in [1.29, 1.82) is 0 Å². The van der Waals surface area contributed by atoms with Gasteiger partial charge in [0.15, 0.2) is 5.65 Å². The van der Waals surface area contributed by atoms with E-state index in [0.29, 0.717) is 17.3 Å². The van der Waals surface area contributed by atoms with Crippen LogP contribution in [-0.2, 0) is 0 Å². The summed E-state index contributed by atoms with van der Waals surface area (Å²) >= 11 is 1.89. The topological polar surface area (TPSA) is 46.3 Å². The fourth-order valence-electron chi connectivity index (χ4n) is 3.74. The molecule has 0 amide bonds. The Hall–Kier alpha value is -2.22. The summed E-state index contributed by atoms with van der Waals surface area (Å²) in [6.07, 6.45) is 6.64. The molecule has 1 saturated heterocycles. The van der Waals surface area contributed by atoms with Gasteiger partial charge in [0.1, 0.15) is 11.5 Å². The Morgan fingerprint density at radius 3 is 2.96 bits per heavy atom. The number of hydrogen-bond acceptors (Lipinski definition) is 5. The molecule has 0 aliphatic carbocycles. The van der Waals surface area contributed by atoms with E-state index in [-0.39, 0.29) is 5.69 Å². The molecular formula is C20H23F2N5S. The molecule has 1 aliphatic rings. The van der Waals surface area contributed by atoms with Crippen molar-refractivity contribution >= 4 is 23.2 Å². The molecule has 5 nitrogen and oxygen atoms in total. The number of rotatable bonds is 6. The van der Waals surface area contributed by atoms with Crippen LogP contribution in [0.15, 0.2) is 36.7 Å². The van der Waals surface area contributed by atoms with Gasteiger partial charge in [-0.2, -0.15) is 16.9 Å². The quantitative estimate of drug-likeness (QED) is 0.597. The highest BCUT2D eigenvalue weighted by Crippen LogP contribution is 2.28.